The Bertz CT molecular complexity index is 448. The van der Waals surface area contributed by atoms with E-state index in [0.717, 1.165) is 12.8 Å². The number of nitrogens with two attached hydrogens (primary N) is 1. The maximum Gasteiger partial charge on any atom is 0.251 e. The maximum atomic E-state index is 12.3. The van der Waals surface area contributed by atoms with E-state index >= 15 is 0 Å². The summed E-state index contributed by atoms with van der Waals surface area (Å²) in [6.07, 6.45) is 1.38. The van der Waals surface area contributed by atoms with Crippen LogP contribution in [0.3, 0.4) is 0 Å². The van der Waals surface area contributed by atoms with Crippen molar-refractivity contribution in [1.82, 2.24) is 4.90 Å². The average Bonchev–Trinajstić information content (AvgIpc) is 2.89. The predicted octanol–water partition coefficient (Wildman–Crippen LogP) is 1.46. The van der Waals surface area contributed by atoms with Gasteiger partial charge in [-0.05, 0) is 30.9 Å². The van der Waals surface area contributed by atoms with Crippen molar-refractivity contribution in [2.24, 2.45) is 5.73 Å². The first kappa shape index (κ1) is 14.0. The number of hydrogen-bond acceptors (Lipinski definition) is 3. The number of likely N-dealkylation sites (N-methyl/N-ethyl adjacent to an activating group) is 1. The molecule has 0 bridgehead atoms. The lowest BCUT2D eigenvalue weighted by Crippen LogP contribution is -2.36. The number of hydrogen-bond donors (Lipinski definition) is 1. The Morgan fingerprint density at radius 3 is 2.79 bits per heavy atom. The molecule has 19 heavy (non-hydrogen) atoms. The molecule has 0 spiro atoms. The van der Waals surface area contributed by atoms with Gasteiger partial charge in [0.05, 0.1) is 6.10 Å². The minimum absolute atomic E-state index is 0.0424. The van der Waals surface area contributed by atoms with Gasteiger partial charge in [0.1, 0.15) is 6.10 Å². The van der Waals surface area contributed by atoms with Gasteiger partial charge in [0.15, 0.2) is 0 Å². The number of aryl methyl sites for hydroxylation is 1. The first-order chi connectivity index (χ1) is 9.11. The van der Waals surface area contributed by atoms with Crippen LogP contribution in [-0.4, -0.2) is 36.6 Å². The molecule has 4 heteroatoms. The summed E-state index contributed by atoms with van der Waals surface area (Å²) in [6.45, 7) is 3.17. The van der Waals surface area contributed by atoms with Crippen molar-refractivity contribution in [2.45, 2.75) is 38.5 Å². The van der Waals surface area contributed by atoms with Crippen molar-refractivity contribution in [1.29, 1.82) is 0 Å². The molecule has 2 atom stereocenters. The van der Waals surface area contributed by atoms with Gasteiger partial charge < -0.3 is 15.4 Å². The first-order valence-electron chi connectivity index (χ1n) is 6.77. The molecular formula is C15H22N2O2. The molecule has 1 aromatic rings. The summed E-state index contributed by atoms with van der Waals surface area (Å²) in [5.74, 6) is 0.0548. The summed E-state index contributed by atoms with van der Waals surface area (Å²) in [5, 5.41) is 0. The van der Waals surface area contributed by atoms with E-state index in [-0.39, 0.29) is 18.1 Å². The smallest absolute Gasteiger partial charge is 0.251 e. The van der Waals surface area contributed by atoms with Gasteiger partial charge in [-0.25, -0.2) is 0 Å². The highest BCUT2D eigenvalue weighted by Gasteiger charge is 2.31. The number of amides is 1. The molecule has 0 unspecified atom stereocenters. The predicted molar refractivity (Wildman–Crippen MR) is 74.6 cm³/mol. The standard InChI is InChI=1S/C15H22N2O2/c1-11-5-3-4-6-12(11)10-17(2)15(18)14-8-7-13(9-16)19-14/h3-6,13-14H,7-10,16H2,1-2H3/t13-,14+/m1/s1. The minimum Gasteiger partial charge on any atom is -0.364 e. The third-order valence-electron chi connectivity index (χ3n) is 3.69. The highest BCUT2D eigenvalue weighted by molar-refractivity contribution is 5.81. The van der Waals surface area contributed by atoms with Gasteiger partial charge in [0.25, 0.3) is 5.91 Å². The zero-order valence-corrected chi connectivity index (χ0v) is 11.6. The Kier molecular flexibility index (Phi) is 4.56. The summed E-state index contributed by atoms with van der Waals surface area (Å²) in [4.78, 5) is 14.0. The third kappa shape index (κ3) is 3.33. The normalized spacial score (nSPS) is 22.5. The summed E-state index contributed by atoms with van der Waals surface area (Å²) in [6, 6.07) is 8.12. The van der Waals surface area contributed by atoms with Crippen molar-refractivity contribution in [3.8, 4) is 0 Å². The number of carbonyl (C=O) groups excluding carboxylic acids is 1. The third-order valence-corrected chi connectivity index (χ3v) is 3.69. The average molecular weight is 262 g/mol. The number of benzene rings is 1. The lowest BCUT2D eigenvalue weighted by atomic mass is 10.1. The molecule has 2 rings (SSSR count). The molecule has 0 saturated carbocycles. The zero-order chi connectivity index (χ0) is 13.8. The van der Waals surface area contributed by atoms with E-state index in [4.69, 9.17) is 10.5 Å². The van der Waals surface area contributed by atoms with Gasteiger partial charge in [-0.15, -0.1) is 0 Å². The van der Waals surface area contributed by atoms with E-state index in [2.05, 4.69) is 19.1 Å². The summed E-state index contributed by atoms with van der Waals surface area (Å²) in [7, 11) is 1.83. The van der Waals surface area contributed by atoms with E-state index in [9.17, 15) is 4.79 Å². The van der Waals surface area contributed by atoms with Crippen molar-refractivity contribution >= 4 is 5.91 Å². The van der Waals surface area contributed by atoms with E-state index in [1.807, 2.05) is 19.2 Å². The van der Waals surface area contributed by atoms with Crippen LogP contribution >= 0.6 is 0 Å². The molecule has 0 radical (unpaired) electrons. The van der Waals surface area contributed by atoms with Crippen LogP contribution in [0, 0.1) is 6.92 Å². The highest BCUT2D eigenvalue weighted by Crippen LogP contribution is 2.21. The quantitative estimate of drug-likeness (QED) is 0.893. The van der Waals surface area contributed by atoms with Crippen LogP contribution in [0.15, 0.2) is 24.3 Å². The Morgan fingerprint density at radius 1 is 1.42 bits per heavy atom. The number of rotatable bonds is 4. The van der Waals surface area contributed by atoms with Gasteiger partial charge in [-0.1, -0.05) is 24.3 Å². The number of nitrogens with zero attached hydrogens (tertiary/aromatic N) is 1. The van der Waals surface area contributed by atoms with E-state index in [1.54, 1.807) is 4.90 Å². The molecule has 1 aromatic carbocycles. The molecule has 1 saturated heterocycles. The molecule has 2 N–H and O–H groups in total. The fourth-order valence-electron chi connectivity index (χ4n) is 2.43. The Morgan fingerprint density at radius 2 is 2.16 bits per heavy atom. The van der Waals surface area contributed by atoms with Crippen molar-refractivity contribution < 1.29 is 9.53 Å². The van der Waals surface area contributed by atoms with Gasteiger partial charge in [-0.3, -0.25) is 4.79 Å². The highest BCUT2D eigenvalue weighted by atomic mass is 16.5. The fourth-order valence-corrected chi connectivity index (χ4v) is 2.43. The topological polar surface area (TPSA) is 55.6 Å². The maximum absolute atomic E-state index is 12.3. The van der Waals surface area contributed by atoms with Crippen molar-refractivity contribution in [2.75, 3.05) is 13.6 Å². The largest absolute Gasteiger partial charge is 0.364 e. The summed E-state index contributed by atoms with van der Waals surface area (Å²) in [5.41, 5.74) is 7.94. The van der Waals surface area contributed by atoms with Crippen LogP contribution in [0.5, 0.6) is 0 Å². The van der Waals surface area contributed by atoms with Gasteiger partial charge >= 0.3 is 0 Å². The van der Waals surface area contributed by atoms with Gasteiger partial charge in [0, 0.05) is 20.1 Å². The lowest BCUT2D eigenvalue weighted by Gasteiger charge is -2.22. The van der Waals surface area contributed by atoms with E-state index in [1.165, 1.54) is 11.1 Å². The number of ether oxygens (including phenoxy) is 1. The van der Waals surface area contributed by atoms with Crippen molar-refractivity contribution in [3.63, 3.8) is 0 Å². The summed E-state index contributed by atoms with van der Waals surface area (Å²) < 4.78 is 5.65. The van der Waals surface area contributed by atoms with Gasteiger partial charge in [0.2, 0.25) is 0 Å². The molecule has 104 valence electrons. The van der Waals surface area contributed by atoms with Crippen LogP contribution in [0.25, 0.3) is 0 Å². The Labute approximate surface area is 114 Å². The molecule has 0 aromatic heterocycles. The molecule has 1 fully saturated rings. The number of carbonyl (C=O) groups is 1. The molecule has 1 aliphatic heterocycles. The SMILES string of the molecule is Cc1ccccc1CN(C)C(=O)[C@@H]1CC[C@H](CN)O1. The van der Waals surface area contributed by atoms with Crippen LogP contribution in [0.1, 0.15) is 24.0 Å². The van der Waals surface area contributed by atoms with Crippen LogP contribution in [-0.2, 0) is 16.1 Å². The van der Waals surface area contributed by atoms with E-state index in [0.29, 0.717) is 13.1 Å². The minimum atomic E-state index is -0.317. The Balaban J connectivity index is 1.95. The molecule has 1 amide bonds. The lowest BCUT2D eigenvalue weighted by molar-refractivity contribution is -0.141. The van der Waals surface area contributed by atoms with Crippen LogP contribution < -0.4 is 5.73 Å². The van der Waals surface area contributed by atoms with Crippen LogP contribution in [0.4, 0.5) is 0 Å². The Hall–Kier alpha value is -1.39. The fraction of sp³-hybridized carbons (Fsp3) is 0.533. The van der Waals surface area contributed by atoms with Crippen LogP contribution in [0.2, 0.25) is 0 Å². The molecular weight excluding hydrogens is 240 g/mol. The van der Waals surface area contributed by atoms with E-state index < -0.39 is 0 Å². The van der Waals surface area contributed by atoms with Gasteiger partial charge in [-0.2, -0.15) is 0 Å². The molecule has 0 aliphatic carbocycles. The first-order valence-corrected chi connectivity index (χ1v) is 6.77. The second kappa shape index (κ2) is 6.17. The summed E-state index contributed by atoms with van der Waals surface area (Å²) >= 11 is 0. The zero-order valence-electron chi connectivity index (χ0n) is 11.6. The second-order valence-electron chi connectivity index (χ2n) is 5.18. The molecule has 1 aliphatic rings. The monoisotopic (exact) mass is 262 g/mol. The molecule has 1 heterocycles. The van der Waals surface area contributed by atoms with Crippen molar-refractivity contribution in [3.05, 3.63) is 35.4 Å². The molecule has 4 nitrogen and oxygen atoms in total. The second-order valence-corrected chi connectivity index (χ2v) is 5.18.